The third-order valence-corrected chi connectivity index (χ3v) is 3.66. The van der Waals surface area contributed by atoms with Gasteiger partial charge in [-0.3, -0.25) is 14.7 Å². The minimum absolute atomic E-state index is 0.00505. The van der Waals surface area contributed by atoms with Gasteiger partial charge in [0.25, 0.3) is 5.91 Å². The number of pyridine rings is 1. The van der Waals surface area contributed by atoms with Crippen LogP contribution in [0.1, 0.15) is 13.3 Å². The number of hydrogen-bond acceptors (Lipinski definition) is 5. The summed E-state index contributed by atoms with van der Waals surface area (Å²) in [5.74, 6) is 0.602. The van der Waals surface area contributed by atoms with Gasteiger partial charge in [0.2, 0.25) is 0 Å². The lowest BCUT2D eigenvalue weighted by Crippen LogP contribution is -2.51. The number of ether oxygens (including phenoxy) is 1. The predicted molar refractivity (Wildman–Crippen MR) is 79.0 cm³/mol. The van der Waals surface area contributed by atoms with Crippen LogP contribution in [0.4, 0.5) is 0 Å². The van der Waals surface area contributed by atoms with Crippen molar-refractivity contribution in [3.8, 4) is 5.75 Å². The second-order valence-electron chi connectivity index (χ2n) is 5.22. The summed E-state index contributed by atoms with van der Waals surface area (Å²) in [5.41, 5.74) is 0. The summed E-state index contributed by atoms with van der Waals surface area (Å²) < 4.78 is 5.42. The van der Waals surface area contributed by atoms with Crippen LogP contribution in [-0.2, 0) is 4.79 Å². The molecule has 0 unspecified atom stereocenters. The molecule has 1 aromatic rings. The van der Waals surface area contributed by atoms with E-state index in [1.165, 1.54) is 0 Å². The molecule has 0 aromatic carbocycles. The molecule has 1 fully saturated rings. The fourth-order valence-electron chi connectivity index (χ4n) is 2.28. The van der Waals surface area contributed by atoms with Crippen molar-refractivity contribution in [2.24, 2.45) is 0 Å². The SMILES string of the molecule is CC[C@H](O)CN1CCN(C(=O)COc2cccnc2)CC1. The van der Waals surface area contributed by atoms with Gasteiger partial charge >= 0.3 is 0 Å². The second kappa shape index (κ2) is 7.95. The molecule has 1 aliphatic rings. The van der Waals surface area contributed by atoms with E-state index in [4.69, 9.17) is 4.74 Å². The van der Waals surface area contributed by atoms with Gasteiger partial charge in [0.15, 0.2) is 6.61 Å². The Morgan fingerprint density at radius 3 is 2.81 bits per heavy atom. The molecule has 0 aliphatic carbocycles. The molecule has 1 aromatic heterocycles. The average molecular weight is 293 g/mol. The Morgan fingerprint density at radius 1 is 1.43 bits per heavy atom. The minimum atomic E-state index is -0.277. The standard InChI is InChI=1S/C15H23N3O3/c1-2-13(19)11-17-6-8-18(9-7-17)15(20)12-21-14-4-3-5-16-10-14/h3-5,10,13,19H,2,6-9,11-12H2,1H3/t13-/m0/s1. The third kappa shape index (κ3) is 4.99. The van der Waals surface area contributed by atoms with Gasteiger partial charge in [-0.2, -0.15) is 0 Å². The second-order valence-corrected chi connectivity index (χ2v) is 5.22. The van der Waals surface area contributed by atoms with Gasteiger partial charge in [-0.15, -0.1) is 0 Å². The van der Waals surface area contributed by atoms with Gasteiger partial charge in [0.05, 0.1) is 12.3 Å². The molecule has 0 bridgehead atoms. The highest BCUT2D eigenvalue weighted by atomic mass is 16.5. The number of aliphatic hydroxyl groups excluding tert-OH is 1. The summed E-state index contributed by atoms with van der Waals surface area (Å²) in [6, 6.07) is 3.56. The molecule has 1 aliphatic heterocycles. The largest absolute Gasteiger partial charge is 0.482 e. The van der Waals surface area contributed by atoms with E-state index in [2.05, 4.69) is 9.88 Å². The summed E-state index contributed by atoms with van der Waals surface area (Å²) in [7, 11) is 0. The van der Waals surface area contributed by atoms with Gasteiger partial charge in [-0.25, -0.2) is 0 Å². The van der Waals surface area contributed by atoms with Gasteiger partial charge < -0.3 is 14.7 Å². The summed E-state index contributed by atoms with van der Waals surface area (Å²) in [5, 5.41) is 9.65. The first-order chi connectivity index (χ1) is 10.2. The number of carbonyl (C=O) groups excluding carboxylic acids is 1. The van der Waals surface area contributed by atoms with E-state index < -0.39 is 0 Å². The summed E-state index contributed by atoms with van der Waals surface area (Å²) in [6.45, 7) is 5.68. The molecule has 2 heterocycles. The molecule has 6 nitrogen and oxygen atoms in total. The van der Waals surface area contributed by atoms with Crippen LogP contribution in [0.2, 0.25) is 0 Å². The molecule has 116 valence electrons. The molecule has 1 atom stereocenters. The van der Waals surface area contributed by atoms with Crippen LogP contribution in [0, 0.1) is 0 Å². The number of carbonyl (C=O) groups is 1. The van der Waals surface area contributed by atoms with E-state index in [1.807, 2.05) is 11.8 Å². The lowest BCUT2D eigenvalue weighted by Gasteiger charge is -2.35. The fourth-order valence-corrected chi connectivity index (χ4v) is 2.28. The molecule has 2 rings (SSSR count). The number of β-amino-alcohol motifs (C(OH)–C–C–N with tert-alkyl or cyclic N) is 1. The highest BCUT2D eigenvalue weighted by Crippen LogP contribution is 2.08. The number of aliphatic hydroxyl groups is 1. The van der Waals surface area contributed by atoms with Gasteiger partial charge in [-0.1, -0.05) is 6.92 Å². The molecular formula is C15H23N3O3. The van der Waals surface area contributed by atoms with Gasteiger partial charge in [0, 0.05) is 38.9 Å². The first-order valence-electron chi connectivity index (χ1n) is 7.40. The number of aromatic nitrogens is 1. The first kappa shape index (κ1) is 15.7. The third-order valence-electron chi connectivity index (χ3n) is 3.66. The van der Waals surface area contributed by atoms with Crippen LogP contribution in [0.25, 0.3) is 0 Å². The summed E-state index contributed by atoms with van der Waals surface area (Å²) >= 11 is 0. The first-order valence-corrected chi connectivity index (χ1v) is 7.40. The Balaban J connectivity index is 1.70. The van der Waals surface area contributed by atoms with Crippen molar-refractivity contribution in [3.63, 3.8) is 0 Å². The van der Waals surface area contributed by atoms with Gasteiger partial charge in [0.1, 0.15) is 5.75 Å². The molecule has 6 heteroatoms. The van der Waals surface area contributed by atoms with Crippen LogP contribution < -0.4 is 4.74 Å². The van der Waals surface area contributed by atoms with E-state index in [0.717, 1.165) is 19.5 Å². The number of nitrogens with zero attached hydrogens (tertiary/aromatic N) is 3. The topological polar surface area (TPSA) is 65.9 Å². The van der Waals surface area contributed by atoms with Crippen molar-refractivity contribution in [2.45, 2.75) is 19.4 Å². The number of rotatable bonds is 6. The molecule has 0 spiro atoms. The zero-order valence-electron chi connectivity index (χ0n) is 12.4. The maximum Gasteiger partial charge on any atom is 0.260 e. The van der Waals surface area contributed by atoms with E-state index in [-0.39, 0.29) is 18.6 Å². The number of hydrogen-bond donors (Lipinski definition) is 1. The fraction of sp³-hybridized carbons (Fsp3) is 0.600. The highest BCUT2D eigenvalue weighted by molar-refractivity contribution is 5.77. The molecular weight excluding hydrogens is 270 g/mol. The van der Waals surface area contributed by atoms with E-state index in [9.17, 15) is 9.90 Å². The normalized spacial score (nSPS) is 17.5. The molecule has 0 saturated carbocycles. The Kier molecular flexibility index (Phi) is 5.95. The Hall–Kier alpha value is -1.66. The Labute approximate surface area is 125 Å². The molecule has 1 N–H and O–H groups in total. The molecule has 21 heavy (non-hydrogen) atoms. The maximum absolute atomic E-state index is 12.1. The molecule has 1 saturated heterocycles. The van der Waals surface area contributed by atoms with Crippen LogP contribution in [0.15, 0.2) is 24.5 Å². The van der Waals surface area contributed by atoms with Crippen molar-refractivity contribution in [1.82, 2.24) is 14.8 Å². The Bertz CT molecular complexity index is 433. The van der Waals surface area contributed by atoms with Crippen molar-refractivity contribution in [3.05, 3.63) is 24.5 Å². The highest BCUT2D eigenvalue weighted by Gasteiger charge is 2.22. The maximum atomic E-state index is 12.1. The zero-order chi connectivity index (χ0) is 15.1. The van der Waals surface area contributed by atoms with Gasteiger partial charge in [-0.05, 0) is 18.6 Å². The average Bonchev–Trinajstić information content (AvgIpc) is 2.54. The molecule has 0 radical (unpaired) electrons. The van der Waals surface area contributed by atoms with Crippen LogP contribution >= 0.6 is 0 Å². The van der Waals surface area contributed by atoms with Crippen LogP contribution in [0.3, 0.4) is 0 Å². The number of amides is 1. The minimum Gasteiger partial charge on any atom is -0.482 e. The van der Waals surface area contributed by atoms with Crippen molar-refractivity contribution in [1.29, 1.82) is 0 Å². The van der Waals surface area contributed by atoms with Crippen LogP contribution in [-0.4, -0.2) is 71.2 Å². The van der Waals surface area contributed by atoms with E-state index >= 15 is 0 Å². The zero-order valence-corrected chi connectivity index (χ0v) is 12.4. The van der Waals surface area contributed by atoms with E-state index in [1.54, 1.807) is 24.5 Å². The lowest BCUT2D eigenvalue weighted by molar-refractivity contribution is -0.135. The monoisotopic (exact) mass is 293 g/mol. The lowest BCUT2D eigenvalue weighted by atomic mass is 10.2. The van der Waals surface area contributed by atoms with E-state index in [0.29, 0.717) is 25.4 Å². The van der Waals surface area contributed by atoms with Crippen LogP contribution in [0.5, 0.6) is 5.75 Å². The summed E-state index contributed by atoms with van der Waals surface area (Å²) in [6.07, 6.45) is 3.75. The quantitative estimate of drug-likeness (QED) is 0.821. The van der Waals surface area contributed by atoms with Crippen molar-refractivity contribution >= 4 is 5.91 Å². The molecule has 1 amide bonds. The van der Waals surface area contributed by atoms with Crippen molar-refractivity contribution < 1.29 is 14.6 Å². The smallest absolute Gasteiger partial charge is 0.260 e. The van der Waals surface area contributed by atoms with Crippen molar-refractivity contribution in [2.75, 3.05) is 39.3 Å². The number of piperazine rings is 1. The Morgan fingerprint density at radius 2 is 2.19 bits per heavy atom. The predicted octanol–water partition coefficient (Wildman–Crippen LogP) is 0.375. The summed E-state index contributed by atoms with van der Waals surface area (Å²) in [4.78, 5) is 20.0.